The van der Waals surface area contributed by atoms with E-state index in [0.717, 1.165) is 0 Å². The summed E-state index contributed by atoms with van der Waals surface area (Å²) < 4.78 is 23.8. The minimum atomic E-state index is -3.59. The van der Waals surface area contributed by atoms with E-state index in [1.165, 1.54) is 13.0 Å². The van der Waals surface area contributed by atoms with Crippen LogP contribution >= 0.6 is 0 Å². The first-order valence-electron chi connectivity index (χ1n) is 4.65. The molecule has 82 valence electrons. The van der Waals surface area contributed by atoms with Crippen molar-refractivity contribution in [2.24, 2.45) is 0 Å². The Morgan fingerprint density at radius 2 is 1.93 bits per heavy atom. The van der Waals surface area contributed by atoms with Crippen LogP contribution in [0.15, 0.2) is 29.2 Å². The van der Waals surface area contributed by atoms with Gasteiger partial charge in [0.2, 0.25) is 0 Å². The molecule has 0 aromatic heterocycles. The molecule has 2 rings (SSSR count). The summed E-state index contributed by atoms with van der Waals surface area (Å²) in [6.07, 6.45) is -2.22. The predicted molar refractivity (Wildman–Crippen MR) is 54.1 cm³/mol. The Morgan fingerprint density at radius 3 is 2.47 bits per heavy atom. The van der Waals surface area contributed by atoms with Gasteiger partial charge in [0.05, 0.1) is 17.1 Å². The number of rotatable bonds is 1. The van der Waals surface area contributed by atoms with E-state index in [1.54, 1.807) is 18.2 Å². The van der Waals surface area contributed by atoms with Gasteiger partial charge in [-0.1, -0.05) is 18.2 Å². The Balaban J connectivity index is 2.65. The molecule has 1 aromatic carbocycles. The van der Waals surface area contributed by atoms with Crippen molar-refractivity contribution in [2.75, 3.05) is 0 Å². The molecule has 1 heterocycles. The predicted octanol–water partition coefficient (Wildman–Crippen LogP) is 0.257. The Hall–Kier alpha value is -0.910. The number of aliphatic hydroxyl groups is 2. The highest BCUT2D eigenvalue weighted by atomic mass is 32.2. The zero-order valence-corrected chi connectivity index (χ0v) is 8.98. The van der Waals surface area contributed by atoms with Crippen LogP contribution in [0.4, 0.5) is 0 Å². The van der Waals surface area contributed by atoms with Crippen LogP contribution in [0.1, 0.15) is 18.6 Å². The molecule has 1 aliphatic rings. The average molecular weight is 228 g/mol. The monoisotopic (exact) mass is 228 g/mol. The largest absolute Gasteiger partial charge is 0.392 e. The van der Waals surface area contributed by atoms with Crippen LogP contribution in [0, 0.1) is 0 Å². The topological polar surface area (TPSA) is 74.6 Å². The van der Waals surface area contributed by atoms with Gasteiger partial charge >= 0.3 is 0 Å². The lowest BCUT2D eigenvalue weighted by molar-refractivity contribution is 0.0989. The normalized spacial score (nSPS) is 29.8. The molecule has 0 amide bonds. The molecule has 3 atom stereocenters. The summed E-state index contributed by atoms with van der Waals surface area (Å²) in [6, 6.07) is 6.30. The van der Waals surface area contributed by atoms with Gasteiger partial charge in [-0.2, -0.15) is 0 Å². The third-order valence-corrected chi connectivity index (χ3v) is 5.04. The standard InChI is InChI=1S/C10H12O4S/c1-6(11)10-9(12)7-4-2-3-5-8(7)15(10,13)14/h2-6,9-12H,1H3. The zero-order valence-electron chi connectivity index (χ0n) is 8.16. The van der Waals surface area contributed by atoms with E-state index in [9.17, 15) is 18.6 Å². The van der Waals surface area contributed by atoms with Crippen molar-refractivity contribution in [3.8, 4) is 0 Å². The maximum Gasteiger partial charge on any atom is 0.187 e. The summed E-state index contributed by atoms with van der Waals surface area (Å²) >= 11 is 0. The number of fused-ring (bicyclic) bond motifs is 1. The molecule has 4 nitrogen and oxygen atoms in total. The number of hydrogen-bond acceptors (Lipinski definition) is 4. The summed E-state index contributed by atoms with van der Waals surface area (Å²) in [5.74, 6) is 0. The lowest BCUT2D eigenvalue weighted by Crippen LogP contribution is -2.32. The summed E-state index contributed by atoms with van der Waals surface area (Å²) in [7, 11) is -3.59. The molecular formula is C10H12O4S. The van der Waals surface area contributed by atoms with Crippen LogP contribution in [0.25, 0.3) is 0 Å². The van der Waals surface area contributed by atoms with Crippen molar-refractivity contribution in [3.63, 3.8) is 0 Å². The molecule has 0 saturated carbocycles. The van der Waals surface area contributed by atoms with Crippen molar-refractivity contribution in [1.82, 2.24) is 0 Å². The van der Waals surface area contributed by atoms with Gasteiger partial charge in [0.1, 0.15) is 5.25 Å². The number of hydrogen-bond donors (Lipinski definition) is 2. The minimum Gasteiger partial charge on any atom is -0.392 e. The van der Waals surface area contributed by atoms with Gasteiger partial charge in [0.15, 0.2) is 9.84 Å². The van der Waals surface area contributed by atoms with Gasteiger partial charge in [0.25, 0.3) is 0 Å². The quantitative estimate of drug-likeness (QED) is 0.723. The SMILES string of the molecule is CC(O)C1C(O)c2ccccc2S1(=O)=O. The van der Waals surface area contributed by atoms with Crippen LogP contribution in [0.2, 0.25) is 0 Å². The first-order valence-corrected chi connectivity index (χ1v) is 6.20. The van der Waals surface area contributed by atoms with Crippen LogP contribution in [-0.2, 0) is 9.84 Å². The number of sulfone groups is 1. The van der Waals surface area contributed by atoms with Crippen molar-refractivity contribution in [2.45, 2.75) is 29.3 Å². The Kier molecular flexibility index (Phi) is 2.33. The highest BCUT2D eigenvalue weighted by molar-refractivity contribution is 7.92. The maximum atomic E-state index is 11.9. The van der Waals surface area contributed by atoms with Gasteiger partial charge in [-0.25, -0.2) is 8.42 Å². The molecule has 15 heavy (non-hydrogen) atoms. The van der Waals surface area contributed by atoms with Crippen LogP contribution < -0.4 is 0 Å². The van der Waals surface area contributed by atoms with Gasteiger partial charge in [-0.15, -0.1) is 0 Å². The zero-order chi connectivity index (χ0) is 11.2. The second-order valence-electron chi connectivity index (χ2n) is 3.73. The van der Waals surface area contributed by atoms with Crippen molar-refractivity contribution >= 4 is 9.84 Å². The first-order chi connectivity index (χ1) is 6.96. The molecule has 0 spiro atoms. The van der Waals surface area contributed by atoms with E-state index < -0.39 is 27.3 Å². The van der Waals surface area contributed by atoms with Gasteiger partial charge in [0, 0.05) is 5.56 Å². The third kappa shape index (κ3) is 1.39. The molecule has 3 unspecified atom stereocenters. The lowest BCUT2D eigenvalue weighted by atomic mass is 10.0. The summed E-state index contributed by atoms with van der Waals surface area (Å²) in [5, 5.41) is 18.1. The molecule has 1 aromatic rings. The Bertz CT molecular complexity index is 478. The van der Waals surface area contributed by atoms with Crippen LogP contribution in [0.5, 0.6) is 0 Å². The Labute approximate surface area is 88.1 Å². The van der Waals surface area contributed by atoms with Gasteiger partial charge in [-0.3, -0.25) is 0 Å². The fraction of sp³-hybridized carbons (Fsp3) is 0.400. The molecule has 0 aliphatic carbocycles. The molecule has 0 bridgehead atoms. The summed E-state index contributed by atoms with van der Waals surface area (Å²) in [5.41, 5.74) is 0.378. The van der Waals surface area contributed by atoms with Crippen molar-refractivity contribution < 1.29 is 18.6 Å². The maximum absolute atomic E-state index is 11.9. The summed E-state index contributed by atoms with van der Waals surface area (Å²) in [6.45, 7) is 1.37. The Morgan fingerprint density at radius 1 is 1.33 bits per heavy atom. The third-order valence-electron chi connectivity index (χ3n) is 2.69. The molecule has 0 radical (unpaired) electrons. The van der Waals surface area contributed by atoms with E-state index in [2.05, 4.69) is 0 Å². The minimum absolute atomic E-state index is 0.128. The molecule has 5 heteroatoms. The highest BCUT2D eigenvalue weighted by Crippen LogP contribution is 2.40. The molecule has 2 N–H and O–H groups in total. The van der Waals surface area contributed by atoms with Crippen molar-refractivity contribution in [3.05, 3.63) is 29.8 Å². The van der Waals surface area contributed by atoms with Crippen LogP contribution in [0.3, 0.4) is 0 Å². The van der Waals surface area contributed by atoms with E-state index in [4.69, 9.17) is 0 Å². The second kappa shape index (κ2) is 3.30. The van der Waals surface area contributed by atoms with E-state index >= 15 is 0 Å². The fourth-order valence-corrected chi connectivity index (χ4v) is 4.08. The van der Waals surface area contributed by atoms with E-state index in [0.29, 0.717) is 5.56 Å². The summed E-state index contributed by atoms with van der Waals surface area (Å²) in [4.78, 5) is 0.128. The average Bonchev–Trinajstić information content (AvgIpc) is 2.36. The van der Waals surface area contributed by atoms with Gasteiger partial charge in [-0.05, 0) is 13.0 Å². The molecule has 0 fully saturated rings. The fourth-order valence-electron chi connectivity index (χ4n) is 2.00. The number of aliphatic hydroxyl groups excluding tert-OH is 2. The molecular weight excluding hydrogens is 216 g/mol. The van der Waals surface area contributed by atoms with Gasteiger partial charge < -0.3 is 10.2 Å². The number of benzene rings is 1. The van der Waals surface area contributed by atoms with E-state index in [-0.39, 0.29) is 4.90 Å². The van der Waals surface area contributed by atoms with Crippen molar-refractivity contribution in [1.29, 1.82) is 0 Å². The molecule has 0 saturated heterocycles. The first kappa shape index (κ1) is 10.6. The second-order valence-corrected chi connectivity index (χ2v) is 5.81. The highest BCUT2D eigenvalue weighted by Gasteiger charge is 2.46. The van der Waals surface area contributed by atoms with Crippen LogP contribution in [-0.4, -0.2) is 30.0 Å². The smallest absolute Gasteiger partial charge is 0.187 e. The molecule has 1 aliphatic heterocycles. The lowest BCUT2D eigenvalue weighted by Gasteiger charge is -2.16. The van der Waals surface area contributed by atoms with E-state index in [1.807, 2.05) is 0 Å².